The van der Waals surface area contributed by atoms with Crippen LogP contribution in [0.1, 0.15) is 22.6 Å². The van der Waals surface area contributed by atoms with E-state index in [1.54, 1.807) is 18.4 Å². The van der Waals surface area contributed by atoms with Crippen molar-refractivity contribution in [3.8, 4) is 0 Å². The smallest absolute Gasteiger partial charge is 0.262 e. The fourth-order valence-electron chi connectivity index (χ4n) is 2.34. The molecule has 0 spiro atoms. The second-order valence-corrected chi connectivity index (χ2v) is 6.52. The molecule has 0 unspecified atom stereocenters. The third-order valence-electron chi connectivity index (χ3n) is 3.78. The summed E-state index contributed by atoms with van der Waals surface area (Å²) in [6, 6.07) is 3.57. The summed E-state index contributed by atoms with van der Waals surface area (Å²) in [6.45, 7) is 4.56. The van der Waals surface area contributed by atoms with Gasteiger partial charge in [0, 0.05) is 17.8 Å². The zero-order chi connectivity index (χ0) is 16.4. The minimum atomic E-state index is -0.133. The van der Waals surface area contributed by atoms with E-state index in [-0.39, 0.29) is 17.9 Å². The normalized spacial score (nSPS) is 11.0. The van der Waals surface area contributed by atoms with Crippen LogP contribution in [0.25, 0.3) is 10.2 Å². The van der Waals surface area contributed by atoms with Crippen LogP contribution in [0.4, 0.5) is 0 Å². The number of nitrogens with zero attached hydrogens (tertiary/aromatic N) is 2. The molecule has 0 atom stereocenters. The molecule has 0 saturated heterocycles. The maximum atomic E-state index is 12.5. The molecule has 0 aromatic carbocycles. The van der Waals surface area contributed by atoms with Crippen molar-refractivity contribution in [1.82, 2.24) is 14.9 Å². The predicted molar refractivity (Wildman–Crippen MR) is 88.5 cm³/mol. The Kier molecular flexibility index (Phi) is 4.29. The molecule has 0 saturated carbocycles. The Balaban J connectivity index is 1.67. The maximum Gasteiger partial charge on any atom is 0.262 e. The number of fused-ring (bicyclic) bond motifs is 1. The van der Waals surface area contributed by atoms with Crippen LogP contribution >= 0.6 is 11.3 Å². The van der Waals surface area contributed by atoms with Crippen LogP contribution in [0.5, 0.6) is 0 Å². The number of hydrogen-bond donors (Lipinski definition) is 1. The highest BCUT2D eigenvalue weighted by molar-refractivity contribution is 7.18. The molecule has 1 N–H and O–H groups in total. The maximum absolute atomic E-state index is 12.5. The van der Waals surface area contributed by atoms with Gasteiger partial charge in [-0.1, -0.05) is 0 Å². The Bertz CT molecular complexity index is 893. The van der Waals surface area contributed by atoms with Gasteiger partial charge in [-0.25, -0.2) is 4.98 Å². The van der Waals surface area contributed by atoms with Gasteiger partial charge in [0.05, 0.1) is 24.5 Å². The molecule has 3 aromatic rings. The quantitative estimate of drug-likeness (QED) is 0.779. The number of rotatable bonds is 5. The van der Waals surface area contributed by atoms with Gasteiger partial charge in [0.1, 0.15) is 10.6 Å². The number of amides is 1. The van der Waals surface area contributed by atoms with Crippen molar-refractivity contribution in [2.24, 2.45) is 0 Å². The Morgan fingerprint density at radius 3 is 3.00 bits per heavy atom. The third-order valence-corrected chi connectivity index (χ3v) is 4.89. The summed E-state index contributed by atoms with van der Waals surface area (Å²) >= 11 is 1.52. The second-order valence-electron chi connectivity index (χ2n) is 5.31. The van der Waals surface area contributed by atoms with E-state index in [1.807, 2.05) is 13.8 Å². The lowest BCUT2D eigenvalue weighted by Crippen LogP contribution is -2.27. The highest BCUT2D eigenvalue weighted by atomic mass is 32.1. The third kappa shape index (κ3) is 3.19. The second kappa shape index (κ2) is 6.37. The molecular weight excluding hydrogens is 314 g/mol. The summed E-state index contributed by atoms with van der Waals surface area (Å²) in [5.74, 6) is 0.564. The number of furan rings is 1. The highest BCUT2D eigenvalue weighted by Gasteiger charge is 2.12. The Morgan fingerprint density at radius 2 is 2.26 bits per heavy atom. The average molecular weight is 331 g/mol. The molecule has 6 nitrogen and oxygen atoms in total. The van der Waals surface area contributed by atoms with E-state index in [0.29, 0.717) is 24.2 Å². The first kappa shape index (κ1) is 15.5. The largest absolute Gasteiger partial charge is 0.467 e. The van der Waals surface area contributed by atoms with Crippen LogP contribution in [0, 0.1) is 13.8 Å². The number of aryl methyl sites for hydroxylation is 3. The van der Waals surface area contributed by atoms with Gasteiger partial charge in [-0.2, -0.15) is 0 Å². The molecule has 23 heavy (non-hydrogen) atoms. The Labute approximate surface area is 136 Å². The first-order valence-electron chi connectivity index (χ1n) is 7.30. The molecule has 0 bridgehead atoms. The van der Waals surface area contributed by atoms with Gasteiger partial charge in [-0.3, -0.25) is 14.2 Å². The van der Waals surface area contributed by atoms with Gasteiger partial charge in [-0.15, -0.1) is 11.3 Å². The van der Waals surface area contributed by atoms with E-state index in [1.165, 1.54) is 22.2 Å². The van der Waals surface area contributed by atoms with Crippen LogP contribution in [-0.2, 0) is 17.9 Å². The first-order chi connectivity index (χ1) is 11.1. The molecule has 1 amide bonds. The van der Waals surface area contributed by atoms with E-state index in [0.717, 1.165) is 15.3 Å². The van der Waals surface area contributed by atoms with E-state index in [4.69, 9.17) is 4.42 Å². The average Bonchev–Trinajstić information content (AvgIpc) is 3.14. The predicted octanol–water partition coefficient (Wildman–Crippen LogP) is 2.37. The summed E-state index contributed by atoms with van der Waals surface area (Å²) in [5, 5.41) is 3.42. The SMILES string of the molecule is Cc1sc2ncn(CCC(=O)NCc3ccco3)c(=O)c2c1C. The van der Waals surface area contributed by atoms with E-state index in [2.05, 4.69) is 10.3 Å². The number of carbonyl (C=O) groups is 1. The first-order valence-corrected chi connectivity index (χ1v) is 8.12. The summed E-state index contributed by atoms with van der Waals surface area (Å²) < 4.78 is 6.64. The summed E-state index contributed by atoms with van der Waals surface area (Å²) in [6.07, 6.45) is 3.29. The number of aromatic nitrogens is 2. The Hall–Kier alpha value is -2.41. The van der Waals surface area contributed by atoms with Crippen LogP contribution in [0.15, 0.2) is 33.9 Å². The molecule has 0 fully saturated rings. The summed E-state index contributed by atoms with van der Waals surface area (Å²) in [4.78, 5) is 30.5. The van der Waals surface area contributed by atoms with Crippen molar-refractivity contribution in [2.75, 3.05) is 0 Å². The fraction of sp³-hybridized carbons (Fsp3) is 0.312. The van der Waals surface area contributed by atoms with Crippen molar-refractivity contribution in [3.63, 3.8) is 0 Å². The molecule has 3 heterocycles. The Morgan fingerprint density at radius 1 is 1.43 bits per heavy atom. The number of thiophene rings is 1. The number of carbonyl (C=O) groups excluding carboxylic acids is 1. The lowest BCUT2D eigenvalue weighted by atomic mass is 10.2. The number of hydrogen-bond acceptors (Lipinski definition) is 5. The van der Waals surface area contributed by atoms with Gasteiger partial charge in [0.25, 0.3) is 5.56 Å². The highest BCUT2D eigenvalue weighted by Crippen LogP contribution is 2.25. The van der Waals surface area contributed by atoms with Crippen LogP contribution in [-0.4, -0.2) is 15.5 Å². The van der Waals surface area contributed by atoms with Gasteiger partial charge < -0.3 is 9.73 Å². The molecule has 0 aliphatic heterocycles. The lowest BCUT2D eigenvalue weighted by Gasteiger charge is -2.06. The summed E-state index contributed by atoms with van der Waals surface area (Å²) in [5.41, 5.74) is 0.884. The van der Waals surface area contributed by atoms with Crippen molar-refractivity contribution in [2.45, 2.75) is 33.4 Å². The van der Waals surface area contributed by atoms with Crippen molar-refractivity contribution in [3.05, 3.63) is 51.3 Å². The molecule has 120 valence electrons. The van der Waals surface area contributed by atoms with Crippen molar-refractivity contribution in [1.29, 1.82) is 0 Å². The topological polar surface area (TPSA) is 77.1 Å². The fourth-order valence-corrected chi connectivity index (χ4v) is 3.33. The van der Waals surface area contributed by atoms with E-state index >= 15 is 0 Å². The van der Waals surface area contributed by atoms with Crippen molar-refractivity contribution >= 4 is 27.5 Å². The molecule has 0 radical (unpaired) electrons. The van der Waals surface area contributed by atoms with Crippen LogP contribution in [0.3, 0.4) is 0 Å². The van der Waals surface area contributed by atoms with Gasteiger partial charge in [-0.05, 0) is 31.5 Å². The van der Waals surface area contributed by atoms with Gasteiger partial charge in [0.15, 0.2) is 0 Å². The minimum Gasteiger partial charge on any atom is -0.467 e. The van der Waals surface area contributed by atoms with E-state index in [9.17, 15) is 9.59 Å². The van der Waals surface area contributed by atoms with Crippen LogP contribution < -0.4 is 10.9 Å². The standard InChI is InChI=1S/C16H17N3O3S/c1-10-11(2)23-15-14(10)16(21)19(9-18-15)6-5-13(20)17-8-12-4-3-7-22-12/h3-4,7,9H,5-6,8H2,1-2H3,(H,17,20). The van der Waals surface area contributed by atoms with Crippen LogP contribution in [0.2, 0.25) is 0 Å². The number of nitrogens with one attached hydrogen (secondary N) is 1. The zero-order valence-corrected chi connectivity index (χ0v) is 13.8. The molecule has 0 aliphatic carbocycles. The molecule has 7 heteroatoms. The molecule has 3 aromatic heterocycles. The minimum absolute atomic E-state index is 0.0873. The summed E-state index contributed by atoms with van der Waals surface area (Å²) in [7, 11) is 0. The lowest BCUT2D eigenvalue weighted by molar-refractivity contribution is -0.121. The van der Waals surface area contributed by atoms with Gasteiger partial charge >= 0.3 is 0 Å². The molecule has 0 aliphatic rings. The van der Waals surface area contributed by atoms with Gasteiger partial charge in [0.2, 0.25) is 5.91 Å². The van der Waals surface area contributed by atoms with Crippen molar-refractivity contribution < 1.29 is 9.21 Å². The zero-order valence-electron chi connectivity index (χ0n) is 13.0. The monoisotopic (exact) mass is 331 g/mol. The molecule has 3 rings (SSSR count). The van der Waals surface area contributed by atoms with E-state index < -0.39 is 0 Å². The molecular formula is C16H17N3O3S.